The van der Waals surface area contributed by atoms with Crippen molar-refractivity contribution in [2.24, 2.45) is 5.73 Å². The molecule has 0 aliphatic carbocycles. The number of aromatic nitrogens is 1. The molecule has 96 valence electrons. The number of amides is 1. The van der Waals surface area contributed by atoms with Crippen molar-refractivity contribution < 1.29 is 14.3 Å². The van der Waals surface area contributed by atoms with Crippen molar-refractivity contribution in [2.75, 3.05) is 18.6 Å². The van der Waals surface area contributed by atoms with Crippen molar-refractivity contribution in [1.29, 1.82) is 0 Å². The van der Waals surface area contributed by atoms with E-state index < -0.39 is 24.3 Å². The van der Waals surface area contributed by atoms with Crippen molar-refractivity contribution in [1.82, 2.24) is 4.98 Å². The van der Waals surface area contributed by atoms with E-state index in [0.717, 1.165) is 0 Å². The Bertz CT molecular complexity index is 630. The van der Waals surface area contributed by atoms with Crippen LogP contribution in [0.25, 0.3) is 11.1 Å². The second-order valence-electron chi connectivity index (χ2n) is 3.88. The summed E-state index contributed by atoms with van der Waals surface area (Å²) in [4.78, 5) is 26.6. The van der Waals surface area contributed by atoms with E-state index in [1.165, 1.54) is 11.9 Å². The van der Waals surface area contributed by atoms with Gasteiger partial charge in [0.05, 0.1) is 12.1 Å². The summed E-state index contributed by atoms with van der Waals surface area (Å²) in [5.74, 6) is -0.974. The highest BCUT2D eigenvalue weighted by Gasteiger charge is 2.18. The lowest BCUT2D eigenvalue weighted by Gasteiger charge is -2.20. The molecule has 2 rings (SSSR count). The van der Waals surface area contributed by atoms with Gasteiger partial charge in [-0.05, 0) is 12.1 Å². The van der Waals surface area contributed by atoms with Crippen LogP contribution in [0.1, 0.15) is 0 Å². The number of rotatable bonds is 3. The number of benzene rings is 1. The fourth-order valence-electron chi connectivity index (χ4n) is 1.60. The number of hydrogen-bond donors (Lipinski definition) is 3. The van der Waals surface area contributed by atoms with E-state index in [1.54, 1.807) is 18.2 Å². The number of carbonyl (C=O) groups is 1. The molecule has 2 aromatic rings. The van der Waals surface area contributed by atoms with Gasteiger partial charge in [0.2, 0.25) is 5.91 Å². The number of anilines is 1. The molecule has 1 aromatic carbocycles. The summed E-state index contributed by atoms with van der Waals surface area (Å²) < 4.78 is 4.90. The summed E-state index contributed by atoms with van der Waals surface area (Å²) in [5, 5.41) is 8.84. The summed E-state index contributed by atoms with van der Waals surface area (Å²) >= 11 is 0. The minimum Gasteiger partial charge on any atom is -0.408 e. The second-order valence-corrected chi connectivity index (χ2v) is 3.88. The predicted molar refractivity (Wildman–Crippen MR) is 65.3 cm³/mol. The molecular formula is C11H13N3O4. The summed E-state index contributed by atoms with van der Waals surface area (Å²) in [7, 11) is 1.53. The van der Waals surface area contributed by atoms with Gasteiger partial charge in [-0.25, -0.2) is 4.79 Å². The van der Waals surface area contributed by atoms with Crippen LogP contribution in [0.2, 0.25) is 0 Å². The summed E-state index contributed by atoms with van der Waals surface area (Å²) in [6.45, 7) is -0.426. The second kappa shape index (κ2) is 4.63. The van der Waals surface area contributed by atoms with E-state index in [4.69, 9.17) is 15.3 Å². The molecule has 1 aromatic heterocycles. The van der Waals surface area contributed by atoms with Crippen LogP contribution in [-0.4, -0.2) is 35.7 Å². The first-order valence-electron chi connectivity index (χ1n) is 5.30. The maximum atomic E-state index is 11.8. The molecule has 7 nitrogen and oxygen atoms in total. The first kappa shape index (κ1) is 12.3. The fourth-order valence-corrected chi connectivity index (χ4v) is 1.60. The van der Waals surface area contributed by atoms with E-state index in [2.05, 4.69) is 4.98 Å². The number of nitrogens with two attached hydrogens (primary N) is 1. The van der Waals surface area contributed by atoms with Gasteiger partial charge in [0, 0.05) is 18.8 Å². The SMILES string of the molecule is CN(C(=O)C(N)CO)c1ccc2[nH]c(=O)oc2c1. The van der Waals surface area contributed by atoms with Crippen LogP contribution in [-0.2, 0) is 4.79 Å². The first-order chi connectivity index (χ1) is 8.52. The average Bonchev–Trinajstić information content (AvgIpc) is 2.74. The molecule has 0 bridgehead atoms. The number of nitrogens with zero attached hydrogens (tertiary/aromatic N) is 1. The van der Waals surface area contributed by atoms with Crippen LogP contribution < -0.4 is 16.4 Å². The monoisotopic (exact) mass is 251 g/mol. The number of nitrogens with one attached hydrogen (secondary N) is 1. The molecular weight excluding hydrogens is 238 g/mol. The third-order valence-corrected chi connectivity index (χ3v) is 2.64. The number of hydrogen-bond acceptors (Lipinski definition) is 5. The number of carbonyl (C=O) groups excluding carboxylic acids is 1. The molecule has 7 heteroatoms. The highest BCUT2D eigenvalue weighted by atomic mass is 16.4. The molecule has 4 N–H and O–H groups in total. The number of aliphatic hydroxyl groups excluding tert-OH is 1. The van der Waals surface area contributed by atoms with Crippen LogP contribution in [0, 0.1) is 0 Å². The Morgan fingerprint density at radius 1 is 1.61 bits per heavy atom. The van der Waals surface area contributed by atoms with Gasteiger partial charge >= 0.3 is 5.76 Å². The molecule has 0 saturated heterocycles. The van der Waals surface area contributed by atoms with E-state index in [9.17, 15) is 9.59 Å². The molecule has 1 amide bonds. The predicted octanol–water partition coefficient (Wildman–Crippen LogP) is -0.597. The molecule has 1 heterocycles. The van der Waals surface area contributed by atoms with Crippen molar-refractivity contribution in [3.05, 3.63) is 28.7 Å². The maximum Gasteiger partial charge on any atom is 0.417 e. The molecule has 1 atom stereocenters. The fraction of sp³-hybridized carbons (Fsp3) is 0.273. The van der Waals surface area contributed by atoms with Crippen LogP contribution in [0.5, 0.6) is 0 Å². The lowest BCUT2D eigenvalue weighted by atomic mass is 10.2. The quantitative estimate of drug-likeness (QED) is 0.674. The Morgan fingerprint density at radius 3 is 3.00 bits per heavy atom. The van der Waals surface area contributed by atoms with Crippen LogP contribution in [0.4, 0.5) is 5.69 Å². The number of aromatic amines is 1. The third kappa shape index (κ3) is 2.13. The molecule has 18 heavy (non-hydrogen) atoms. The van der Waals surface area contributed by atoms with Gasteiger partial charge in [-0.2, -0.15) is 0 Å². The Hall–Kier alpha value is -2.12. The van der Waals surface area contributed by atoms with E-state index in [0.29, 0.717) is 16.8 Å². The van der Waals surface area contributed by atoms with Crippen molar-refractivity contribution >= 4 is 22.7 Å². The van der Waals surface area contributed by atoms with Gasteiger partial charge in [0.15, 0.2) is 5.58 Å². The molecule has 0 radical (unpaired) electrons. The smallest absolute Gasteiger partial charge is 0.408 e. The maximum absolute atomic E-state index is 11.8. The zero-order valence-electron chi connectivity index (χ0n) is 9.71. The van der Waals surface area contributed by atoms with Gasteiger partial charge in [-0.15, -0.1) is 0 Å². The van der Waals surface area contributed by atoms with Crippen molar-refractivity contribution in [3.63, 3.8) is 0 Å². The third-order valence-electron chi connectivity index (χ3n) is 2.64. The number of H-pyrrole nitrogens is 1. The zero-order valence-corrected chi connectivity index (χ0v) is 9.71. The Labute approximate surface area is 102 Å². The minimum absolute atomic E-state index is 0.356. The molecule has 1 unspecified atom stereocenters. The van der Waals surface area contributed by atoms with Gasteiger partial charge in [-0.3, -0.25) is 9.78 Å². The Balaban J connectivity index is 2.35. The Morgan fingerprint density at radius 2 is 2.33 bits per heavy atom. The van der Waals surface area contributed by atoms with Crippen LogP contribution >= 0.6 is 0 Å². The van der Waals surface area contributed by atoms with Crippen LogP contribution in [0.3, 0.4) is 0 Å². The number of likely N-dealkylation sites (N-methyl/N-ethyl adjacent to an activating group) is 1. The number of fused-ring (bicyclic) bond motifs is 1. The number of oxazole rings is 1. The highest BCUT2D eigenvalue weighted by Crippen LogP contribution is 2.19. The zero-order chi connectivity index (χ0) is 13.3. The largest absolute Gasteiger partial charge is 0.417 e. The summed E-state index contributed by atoms with van der Waals surface area (Å²) in [6, 6.07) is 3.86. The van der Waals surface area contributed by atoms with Crippen molar-refractivity contribution in [3.8, 4) is 0 Å². The molecule has 0 spiro atoms. The molecule has 0 fully saturated rings. The molecule has 0 aliphatic rings. The van der Waals surface area contributed by atoms with E-state index >= 15 is 0 Å². The van der Waals surface area contributed by atoms with Crippen molar-refractivity contribution in [2.45, 2.75) is 6.04 Å². The lowest BCUT2D eigenvalue weighted by molar-refractivity contribution is -0.120. The normalized spacial score (nSPS) is 12.6. The first-order valence-corrected chi connectivity index (χ1v) is 5.30. The Kier molecular flexibility index (Phi) is 3.17. The van der Waals surface area contributed by atoms with Gasteiger partial charge in [0.1, 0.15) is 6.04 Å². The summed E-state index contributed by atoms with van der Waals surface area (Å²) in [6.07, 6.45) is 0. The highest BCUT2D eigenvalue weighted by molar-refractivity contribution is 5.97. The topological polar surface area (TPSA) is 113 Å². The van der Waals surface area contributed by atoms with E-state index in [1.807, 2.05) is 0 Å². The van der Waals surface area contributed by atoms with Gasteiger partial charge in [-0.1, -0.05) is 0 Å². The molecule has 0 aliphatic heterocycles. The standard InChI is InChI=1S/C11H13N3O4/c1-14(10(16)7(12)5-15)6-2-3-8-9(4-6)18-11(17)13-8/h2-4,7,15H,5,12H2,1H3,(H,13,17). The van der Waals surface area contributed by atoms with Gasteiger partial charge < -0.3 is 20.2 Å². The molecule has 0 saturated carbocycles. The number of aliphatic hydroxyl groups is 1. The summed E-state index contributed by atoms with van der Waals surface area (Å²) in [5.41, 5.74) is 6.89. The average molecular weight is 251 g/mol. The van der Waals surface area contributed by atoms with Gasteiger partial charge in [0.25, 0.3) is 0 Å². The van der Waals surface area contributed by atoms with E-state index in [-0.39, 0.29) is 0 Å². The minimum atomic E-state index is -0.969. The lowest BCUT2D eigenvalue weighted by Crippen LogP contribution is -2.44. The van der Waals surface area contributed by atoms with Crippen LogP contribution in [0.15, 0.2) is 27.4 Å².